The molecular formula is C16H25NO2. The predicted octanol–water partition coefficient (Wildman–Crippen LogP) is 3.63. The van der Waals surface area contributed by atoms with E-state index in [0.717, 1.165) is 17.2 Å². The fraction of sp³-hybridized carbons (Fsp3) is 0.625. The number of benzene rings is 1. The Morgan fingerprint density at radius 3 is 2.84 bits per heavy atom. The van der Waals surface area contributed by atoms with Crippen molar-refractivity contribution in [3.8, 4) is 11.5 Å². The molecule has 0 aromatic heterocycles. The van der Waals surface area contributed by atoms with Crippen LogP contribution in [0, 0.1) is 5.92 Å². The van der Waals surface area contributed by atoms with E-state index in [0.29, 0.717) is 12.6 Å². The van der Waals surface area contributed by atoms with Crippen LogP contribution in [0.3, 0.4) is 0 Å². The first-order valence-corrected chi connectivity index (χ1v) is 7.28. The molecule has 0 radical (unpaired) electrons. The Morgan fingerprint density at radius 1 is 1.32 bits per heavy atom. The van der Waals surface area contributed by atoms with Gasteiger partial charge in [0, 0.05) is 17.7 Å². The van der Waals surface area contributed by atoms with Crippen LogP contribution in [0.25, 0.3) is 0 Å². The van der Waals surface area contributed by atoms with Crippen LogP contribution in [0.4, 0.5) is 0 Å². The summed E-state index contributed by atoms with van der Waals surface area (Å²) in [4.78, 5) is 0. The molecule has 0 fully saturated rings. The number of rotatable bonds is 6. The van der Waals surface area contributed by atoms with Crippen LogP contribution in [0.5, 0.6) is 11.5 Å². The molecule has 0 bridgehead atoms. The Kier molecular flexibility index (Phi) is 4.70. The van der Waals surface area contributed by atoms with Crippen LogP contribution < -0.4 is 10.1 Å². The highest BCUT2D eigenvalue weighted by molar-refractivity contribution is 5.44. The van der Waals surface area contributed by atoms with Crippen molar-refractivity contribution >= 4 is 0 Å². The first-order chi connectivity index (χ1) is 9.06. The number of hydrogen-bond donors (Lipinski definition) is 2. The second kappa shape index (κ2) is 6.29. The normalized spacial score (nSPS) is 19.3. The molecular weight excluding hydrogens is 238 g/mol. The molecule has 1 aromatic rings. The molecule has 3 nitrogen and oxygen atoms in total. The summed E-state index contributed by atoms with van der Waals surface area (Å²) in [5.41, 5.74) is 1.16. The third-order valence-corrected chi connectivity index (χ3v) is 3.68. The van der Waals surface area contributed by atoms with Crippen molar-refractivity contribution in [2.75, 3.05) is 6.61 Å². The fourth-order valence-corrected chi connectivity index (χ4v) is 2.60. The summed E-state index contributed by atoms with van der Waals surface area (Å²) in [7, 11) is 0. The van der Waals surface area contributed by atoms with Gasteiger partial charge in [0.2, 0.25) is 0 Å². The molecule has 1 heterocycles. The van der Waals surface area contributed by atoms with Crippen molar-refractivity contribution in [1.82, 2.24) is 5.32 Å². The molecule has 2 N–H and O–H groups in total. The van der Waals surface area contributed by atoms with Crippen molar-refractivity contribution in [2.45, 2.75) is 52.1 Å². The van der Waals surface area contributed by atoms with Gasteiger partial charge in [0.15, 0.2) is 0 Å². The average Bonchev–Trinajstić information content (AvgIpc) is 2.71. The van der Waals surface area contributed by atoms with E-state index >= 15 is 0 Å². The van der Waals surface area contributed by atoms with E-state index < -0.39 is 0 Å². The van der Waals surface area contributed by atoms with Crippen molar-refractivity contribution in [2.24, 2.45) is 5.92 Å². The van der Waals surface area contributed by atoms with Gasteiger partial charge in [-0.15, -0.1) is 0 Å². The van der Waals surface area contributed by atoms with Crippen LogP contribution in [0.1, 0.15) is 51.6 Å². The van der Waals surface area contributed by atoms with Crippen LogP contribution in [-0.4, -0.2) is 17.8 Å². The molecule has 1 aliphatic rings. The van der Waals surface area contributed by atoms with E-state index in [1.165, 1.54) is 19.3 Å². The highest BCUT2D eigenvalue weighted by atomic mass is 16.5. The lowest BCUT2D eigenvalue weighted by Crippen LogP contribution is -2.31. The fourth-order valence-electron chi connectivity index (χ4n) is 2.60. The third kappa shape index (κ3) is 3.87. The molecule has 0 spiro atoms. The van der Waals surface area contributed by atoms with Gasteiger partial charge in [-0.1, -0.05) is 26.7 Å². The highest BCUT2D eigenvalue weighted by Crippen LogP contribution is 2.35. The van der Waals surface area contributed by atoms with Gasteiger partial charge in [0.05, 0.1) is 6.04 Å². The molecule has 1 aromatic carbocycles. The maximum Gasteiger partial charge on any atom is 0.127 e. The summed E-state index contributed by atoms with van der Waals surface area (Å²) in [6.45, 7) is 7.43. The Labute approximate surface area is 116 Å². The minimum atomic E-state index is 0.254. The van der Waals surface area contributed by atoms with Gasteiger partial charge in [-0.05, 0) is 31.4 Å². The number of hydrogen-bond acceptors (Lipinski definition) is 3. The molecule has 2 atom stereocenters. The summed E-state index contributed by atoms with van der Waals surface area (Å²) < 4.78 is 5.61. The predicted molar refractivity (Wildman–Crippen MR) is 77.6 cm³/mol. The lowest BCUT2D eigenvalue weighted by molar-refractivity contribution is 0.294. The molecule has 2 rings (SSSR count). The first kappa shape index (κ1) is 14.2. The van der Waals surface area contributed by atoms with Crippen LogP contribution in [-0.2, 0) is 0 Å². The van der Waals surface area contributed by atoms with E-state index in [4.69, 9.17) is 4.74 Å². The van der Waals surface area contributed by atoms with Gasteiger partial charge in [0.25, 0.3) is 0 Å². The standard InChI is InChI=1S/C16H25NO2/c1-11(2)5-4-6-12(3)17-15-10-19-16-9-13(18)7-8-14(15)16/h7-9,11-12,15,17-18H,4-6,10H2,1-3H3. The Balaban J connectivity index is 1.85. The number of ether oxygens (including phenoxy) is 1. The summed E-state index contributed by atoms with van der Waals surface area (Å²) in [5, 5.41) is 13.1. The van der Waals surface area contributed by atoms with Gasteiger partial charge in [-0.2, -0.15) is 0 Å². The molecule has 0 aliphatic carbocycles. The highest BCUT2D eigenvalue weighted by Gasteiger charge is 2.25. The summed E-state index contributed by atoms with van der Waals surface area (Å²) in [6.07, 6.45) is 3.75. The molecule has 0 saturated carbocycles. The topological polar surface area (TPSA) is 41.5 Å². The van der Waals surface area contributed by atoms with Crippen LogP contribution >= 0.6 is 0 Å². The number of fused-ring (bicyclic) bond motifs is 1. The van der Waals surface area contributed by atoms with Gasteiger partial charge in [-0.3, -0.25) is 0 Å². The minimum Gasteiger partial charge on any atom is -0.508 e. The Bertz CT molecular complexity index is 417. The number of aromatic hydroxyl groups is 1. The van der Waals surface area contributed by atoms with E-state index in [1.807, 2.05) is 6.07 Å². The van der Waals surface area contributed by atoms with E-state index in [9.17, 15) is 5.11 Å². The monoisotopic (exact) mass is 263 g/mol. The Hall–Kier alpha value is -1.22. The van der Waals surface area contributed by atoms with Gasteiger partial charge >= 0.3 is 0 Å². The summed E-state index contributed by atoms with van der Waals surface area (Å²) >= 11 is 0. The third-order valence-electron chi connectivity index (χ3n) is 3.68. The van der Waals surface area contributed by atoms with Gasteiger partial charge in [0.1, 0.15) is 18.1 Å². The SMILES string of the molecule is CC(C)CCCC(C)NC1COc2cc(O)ccc21. The van der Waals surface area contributed by atoms with Gasteiger partial charge < -0.3 is 15.2 Å². The lowest BCUT2D eigenvalue weighted by atomic mass is 10.0. The molecule has 3 heteroatoms. The van der Waals surface area contributed by atoms with E-state index in [2.05, 4.69) is 26.1 Å². The van der Waals surface area contributed by atoms with E-state index in [1.54, 1.807) is 12.1 Å². The maximum atomic E-state index is 9.43. The Morgan fingerprint density at radius 2 is 2.11 bits per heavy atom. The summed E-state index contributed by atoms with van der Waals surface area (Å²) in [6, 6.07) is 6.12. The average molecular weight is 263 g/mol. The van der Waals surface area contributed by atoms with Crippen LogP contribution in [0.2, 0.25) is 0 Å². The zero-order valence-corrected chi connectivity index (χ0v) is 12.1. The molecule has 0 amide bonds. The number of phenolic OH excluding ortho intramolecular Hbond substituents is 1. The second-order valence-electron chi connectivity index (χ2n) is 5.98. The van der Waals surface area contributed by atoms with Crippen molar-refractivity contribution in [1.29, 1.82) is 0 Å². The molecule has 1 aliphatic heterocycles. The zero-order valence-electron chi connectivity index (χ0n) is 12.1. The zero-order chi connectivity index (χ0) is 13.8. The molecule has 106 valence electrons. The number of phenols is 1. The quantitative estimate of drug-likeness (QED) is 0.823. The molecule has 19 heavy (non-hydrogen) atoms. The molecule has 2 unspecified atom stereocenters. The molecule has 0 saturated heterocycles. The minimum absolute atomic E-state index is 0.254. The van der Waals surface area contributed by atoms with Crippen molar-refractivity contribution in [3.63, 3.8) is 0 Å². The van der Waals surface area contributed by atoms with Crippen molar-refractivity contribution in [3.05, 3.63) is 23.8 Å². The number of nitrogens with one attached hydrogen (secondary N) is 1. The smallest absolute Gasteiger partial charge is 0.127 e. The van der Waals surface area contributed by atoms with Crippen molar-refractivity contribution < 1.29 is 9.84 Å². The van der Waals surface area contributed by atoms with E-state index in [-0.39, 0.29) is 11.8 Å². The second-order valence-corrected chi connectivity index (χ2v) is 5.98. The first-order valence-electron chi connectivity index (χ1n) is 7.28. The lowest BCUT2D eigenvalue weighted by Gasteiger charge is -2.19. The summed E-state index contributed by atoms with van der Waals surface area (Å²) in [5.74, 6) is 1.86. The van der Waals surface area contributed by atoms with Crippen LogP contribution in [0.15, 0.2) is 18.2 Å². The largest absolute Gasteiger partial charge is 0.508 e. The van der Waals surface area contributed by atoms with Gasteiger partial charge in [-0.25, -0.2) is 0 Å². The maximum absolute atomic E-state index is 9.43.